The zero-order chi connectivity index (χ0) is 15.9. The quantitative estimate of drug-likeness (QED) is 0.572. The summed E-state index contributed by atoms with van der Waals surface area (Å²) in [5, 5.41) is 30.5. The number of aliphatic hydroxyl groups excluding tert-OH is 1. The summed E-state index contributed by atoms with van der Waals surface area (Å²) in [6, 6.07) is 0. The Balaban J connectivity index is 4.82. The van der Waals surface area contributed by atoms with E-state index in [0.717, 1.165) is 0 Å². The number of rotatable bonds is 9. The average Bonchev–Trinajstić information content (AvgIpc) is 2.34. The molecule has 0 aromatic carbocycles. The van der Waals surface area contributed by atoms with Crippen molar-refractivity contribution in [1.29, 1.82) is 0 Å². The topological polar surface area (TPSA) is 107 Å². The van der Waals surface area contributed by atoms with E-state index in [4.69, 9.17) is 4.74 Å². The highest BCUT2D eigenvalue weighted by atomic mass is 16.6. The molecule has 20 heavy (non-hydrogen) atoms. The Morgan fingerprint density at radius 2 is 1.65 bits per heavy atom. The van der Waals surface area contributed by atoms with Gasteiger partial charge in [0, 0.05) is 0 Å². The minimum atomic E-state index is -2.46. The van der Waals surface area contributed by atoms with Gasteiger partial charge in [0.15, 0.2) is 5.60 Å². The summed E-state index contributed by atoms with van der Waals surface area (Å²) in [4.78, 5) is 22.6. The van der Waals surface area contributed by atoms with Crippen molar-refractivity contribution < 1.29 is 29.6 Å². The molecule has 0 heterocycles. The molecular weight excluding hydrogens is 264 g/mol. The molecule has 0 amide bonds. The van der Waals surface area contributed by atoms with Crippen LogP contribution in [0.5, 0.6) is 0 Å². The van der Waals surface area contributed by atoms with Crippen molar-refractivity contribution in [3.63, 3.8) is 0 Å². The fourth-order valence-electron chi connectivity index (χ4n) is 1.57. The molecule has 0 aliphatic rings. The van der Waals surface area contributed by atoms with Crippen molar-refractivity contribution >= 4 is 11.9 Å². The molecule has 2 N–H and O–H groups in total. The van der Waals surface area contributed by atoms with Gasteiger partial charge >= 0.3 is 5.97 Å². The van der Waals surface area contributed by atoms with Crippen LogP contribution in [0.1, 0.15) is 47.0 Å². The molecule has 0 saturated carbocycles. The summed E-state index contributed by atoms with van der Waals surface area (Å²) >= 11 is 0. The lowest BCUT2D eigenvalue weighted by molar-refractivity contribution is -0.322. The first-order valence-corrected chi connectivity index (χ1v) is 6.89. The smallest absolute Gasteiger partial charge is 0.341 e. The maximum atomic E-state index is 11.9. The molecule has 6 nitrogen and oxygen atoms in total. The standard InChI is InChI=1S/C14H26O6/c1-9(2)5-7-14(19,11(15)12(16)17)13(18)20-8-6-10(3)4/h9-11,15,19H,5-8H2,1-4H3,(H,16,17)/p-1. The van der Waals surface area contributed by atoms with E-state index in [1.807, 2.05) is 27.7 Å². The molecule has 0 aliphatic heterocycles. The molecule has 118 valence electrons. The first kappa shape index (κ1) is 18.9. The molecule has 0 rings (SSSR count). The molecule has 0 fully saturated rings. The predicted octanol–water partition coefficient (Wildman–Crippen LogP) is -0.146. The van der Waals surface area contributed by atoms with E-state index in [-0.39, 0.29) is 18.9 Å². The number of aliphatic hydroxyl groups is 2. The van der Waals surface area contributed by atoms with Crippen molar-refractivity contribution in [3.05, 3.63) is 0 Å². The number of hydrogen-bond donors (Lipinski definition) is 2. The molecular formula is C14H25O6-. The maximum absolute atomic E-state index is 11.9. The number of carbonyl (C=O) groups excluding carboxylic acids is 2. The fourth-order valence-corrected chi connectivity index (χ4v) is 1.57. The Labute approximate surface area is 119 Å². The highest BCUT2D eigenvalue weighted by molar-refractivity contribution is 5.87. The molecule has 2 unspecified atom stereocenters. The van der Waals surface area contributed by atoms with Crippen LogP contribution in [0.4, 0.5) is 0 Å². The minimum absolute atomic E-state index is 0.0697. The fraction of sp³-hybridized carbons (Fsp3) is 0.857. The number of carbonyl (C=O) groups is 2. The molecule has 0 aromatic heterocycles. The van der Waals surface area contributed by atoms with Crippen molar-refractivity contribution in [2.24, 2.45) is 11.8 Å². The summed E-state index contributed by atoms with van der Waals surface area (Å²) in [7, 11) is 0. The van der Waals surface area contributed by atoms with E-state index in [1.54, 1.807) is 0 Å². The number of ether oxygens (including phenoxy) is 1. The second-order valence-electron chi connectivity index (χ2n) is 5.90. The third-order valence-corrected chi connectivity index (χ3v) is 3.06. The number of aliphatic carboxylic acids is 1. The van der Waals surface area contributed by atoms with Gasteiger partial charge in [-0.15, -0.1) is 0 Å². The van der Waals surface area contributed by atoms with Crippen LogP contribution in [-0.4, -0.2) is 40.5 Å². The van der Waals surface area contributed by atoms with Crippen LogP contribution in [0.15, 0.2) is 0 Å². The van der Waals surface area contributed by atoms with Crippen LogP contribution in [-0.2, 0) is 14.3 Å². The second-order valence-corrected chi connectivity index (χ2v) is 5.90. The summed E-state index contributed by atoms with van der Waals surface area (Å²) in [6.07, 6.45) is -1.53. The zero-order valence-corrected chi connectivity index (χ0v) is 12.6. The second kappa shape index (κ2) is 8.21. The monoisotopic (exact) mass is 289 g/mol. The number of carboxylic acid groups (broad SMARTS) is 1. The lowest BCUT2D eigenvalue weighted by Crippen LogP contribution is -2.57. The van der Waals surface area contributed by atoms with Crippen LogP contribution in [0.25, 0.3) is 0 Å². The van der Waals surface area contributed by atoms with Gasteiger partial charge in [0.2, 0.25) is 0 Å². The summed E-state index contributed by atoms with van der Waals surface area (Å²) in [6.45, 7) is 7.66. The largest absolute Gasteiger partial charge is 0.547 e. The molecule has 2 atom stereocenters. The van der Waals surface area contributed by atoms with E-state index in [0.29, 0.717) is 18.8 Å². The highest BCUT2D eigenvalue weighted by Crippen LogP contribution is 2.23. The Morgan fingerprint density at radius 1 is 1.15 bits per heavy atom. The van der Waals surface area contributed by atoms with Crippen molar-refractivity contribution in [1.82, 2.24) is 0 Å². The predicted molar refractivity (Wildman–Crippen MR) is 70.4 cm³/mol. The van der Waals surface area contributed by atoms with Crippen LogP contribution in [0.2, 0.25) is 0 Å². The number of carboxylic acids is 1. The Morgan fingerprint density at radius 3 is 2.05 bits per heavy atom. The molecule has 0 saturated heterocycles. The summed E-state index contributed by atoms with van der Waals surface area (Å²) in [5.41, 5.74) is -2.46. The highest BCUT2D eigenvalue weighted by Gasteiger charge is 2.45. The molecule has 6 heteroatoms. The first-order valence-electron chi connectivity index (χ1n) is 6.89. The average molecular weight is 289 g/mol. The van der Waals surface area contributed by atoms with Gasteiger partial charge < -0.3 is 24.9 Å². The first-order chi connectivity index (χ1) is 9.11. The lowest BCUT2D eigenvalue weighted by Gasteiger charge is -2.31. The van der Waals surface area contributed by atoms with E-state index in [1.165, 1.54) is 0 Å². The minimum Gasteiger partial charge on any atom is -0.547 e. The van der Waals surface area contributed by atoms with Crippen LogP contribution in [0, 0.1) is 11.8 Å². The van der Waals surface area contributed by atoms with Crippen molar-refractivity contribution in [2.75, 3.05) is 6.61 Å². The van der Waals surface area contributed by atoms with E-state index in [2.05, 4.69) is 0 Å². The van der Waals surface area contributed by atoms with Gasteiger partial charge in [0.05, 0.1) is 12.6 Å². The molecule has 0 bridgehead atoms. The Hall–Kier alpha value is -1.14. The third kappa shape index (κ3) is 5.88. The molecule has 0 spiro atoms. The van der Waals surface area contributed by atoms with Gasteiger partial charge in [-0.05, 0) is 31.1 Å². The van der Waals surface area contributed by atoms with Gasteiger partial charge in [-0.2, -0.15) is 0 Å². The number of esters is 1. The van der Waals surface area contributed by atoms with Gasteiger partial charge in [-0.25, -0.2) is 4.79 Å². The third-order valence-electron chi connectivity index (χ3n) is 3.06. The van der Waals surface area contributed by atoms with E-state index in [9.17, 15) is 24.9 Å². The van der Waals surface area contributed by atoms with Gasteiger partial charge in [0.25, 0.3) is 0 Å². The zero-order valence-electron chi connectivity index (χ0n) is 12.6. The lowest BCUT2D eigenvalue weighted by atomic mass is 9.88. The maximum Gasteiger partial charge on any atom is 0.341 e. The Kier molecular flexibility index (Phi) is 7.75. The van der Waals surface area contributed by atoms with Crippen LogP contribution in [0.3, 0.4) is 0 Å². The normalized spacial score (nSPS) is 16.0. The number of hydrogen-bond acceptors (Lipinski definition) is 6. The Bertz CT molecular complexity index is 326. The van der Waals surface area contributed by atoms with Crippen molar-refractivity contribution in [2.45, 2.75) is 58.7 Å². The molecule has 0 aliphatic carbocycles. The van der Waals surface area contributed by atoms with Gasteiger partial charge in [-0.1, -0.05) is 27.7 Å². The SMILES string of the molecule is CC(C)CCOC(=O)C(O)(CCC(C)C)C(O)C(=O)[O-]. The van der Waals surface area contributed by atoms with E-state index >= 15 is 0 Å². The van der Waals surface area contributed by atoms with E-state index < -0.39 is 23.6 Å². The van der Waals surface area contributed by atoms with Crippen LogP contribution >= 0.6 is 0 Å². The van der Waals surface area contributed by atoms with Crippen molar-refractivity contribution in [3.8, 4) is 0 Å². The van der Waals surface area contributed by atoms with Gasteiger partial charge in [-0.3, -0.25) is 0 Å². The summed E-state index contributed by atoms with van der Waals surface area (Å²) in [5.74, 6) is -2.57. The molecule has 0 aromatic rings. The molecule has 0 radical (unpaired) electrons. The summed E-state index contributed by atoms with van der Waals surface area (Å²) < 4.78 is 4.88. The van der Waals surface area contributed by atoms with Gasteiger partial charge in [0.1, 0.15) is 6.10 Å². The van der Waals surface area contributed by atoms with Crippen LogP contribution < -0.4 is 5.11 Å².